The van der Waals surface area contributed by atoms with Crippen LogP contribution in [0.15, 0.2) is 6.20 Å². The summed E-state index contributed by atoms with van der Waals surface area (Å²) < 4.78 is 30.2. The zero-order valence-corrected chi connectivity index (χ0v) is 9.11. The number of aliphatic carboxylic acids is 1. The van der Waals surface area contributed by atoms with Crippen LogP contribution < -0.4 is 10.5 Å². The summed E-state index contributed by atoms with van der Waals surface area (Å²) >= 11 is 0. The Bertz CT molecular complexity index is 424. The van der Waals surface area contributed by atoms with Crippen molar-refractivity contribution in [2.45, 2.75) is 19.4 Å². The van der Waals surface area contributed by atoms with Crippen LogP contribution in [-0.2, 0) is 17.8 Å². The van der Waals surface area contributed by atoms with Crippen LogP contribution in [0.25, 0.3) is 0 Å². The first-order chi connectivity index (χ1) is 8.01. The number of ether oxygens (including phenoxy) is 1. The van der Waals surface area contributed by atoms with Crippen molar-refractivity contribution in [3.63, 3.8) is 0 Å². The standard InChI is InChI=1S/C10H12F2N2O3/c1-17-7-4-14-9(10(11)12)6(3-13)5(7)2-8(15)16/h4,10H,2-3,13H2,1H3,(H,15,16). The van der Waals surface area contributed by atoms with Gasteiger partial charge in [0.15, 0.2) is 0 Å². The van der Waals surface area contributed by atoms with Crippen LogP contribution in [0.2, 0.25) is 0 Å². The third-order valence-corrected chi connectivity index (χ3v) is 2.25. The summed E-state index contributed by atoms with van der Waals surface area (Å²) in [6, 6.07) is 0. The molecule has 0 aliphatic rings. The van der Waals surface area contributed by atoms with E-state index in [4.69, 9.17) is 15.6 Å². The molecule has 0 bridgehead atoms. The van der Waals surface area contributed by atoms with Crippen LogP contribution in [0.4, 0.5) is 8.78 Å². The number of carboxylic acids is 1. The van der Waals surface area contributed by atoms with Gasteiger partial charge in [-0.2, -0.15) is 0 Å². The minimum absolute atomic E-state index is 0.0294. The van der Waals surface area contributed by atoms with E-state index in [1.54, 1.807) is 0 Å². The molecular weight excluding hydrogens is 234 g/mol. The fraction of sp³-hybridized carbons (Fsp3) is 0.400. The van der Waals surface area contributed by atoms with E-state index in [1.165, 1.54) is 7.11 Å². The number of carboxylic acid groups (broad SMARTS) is 1. The molecule has 0 saturated heterocycles. The molecule has 17 heavy (non-hydrogen) atoms. The lowest BCUT2D eigenvalue weighted by molar-refractivity contribution is -0.136. The molecule has 1 aromatic heterocycles. The van der Waals surface area contributed by atoms with Crippen molar-refractivity contribution in [2.24, 2.45) is 5.73 Å². The van der Waals surface area contributed by atoms with Gasteiger partial charge in [-0.3, -0.25) is 9.78 Å². The number of methoxy groups -OCH3 is 1. The quantitative estimate of drug-likeness (QED) is 0.812. The summed E-state index contributed by atoms with van der Waals surface area (Å²) in [4.78, 5) is 14.2. The van der Waals surface area contributed by atoms with Gasteiger partial charge in [0.25, 0.3) is 6.43 Å². The van der Waals surface area contributed by atoms with E-state index < -0.39 is 24.5 Å². The largest absolute Gasteiger partial charge is 0.495 e. The number of nitrogens with two attached hydrogens (primary N) is 1. The summed E-state index contributed by atoms with van der Waals surface area (Å²) in [7, 11) is 1.31. The minimum atomic E-state index is -2.80. The molecule has 0 aromatic carbocycles. The number of halogens is 2. The van der Waals surface area contributed by atoms with Gasteiger partial charge in [-0.15, -0.1) is 0 Å². The number of hydrogen-bond donors (Lipinski definition) is 2. The van der Waals surface area contributed by atoms with E-state index in [2.05, 4.69) is 4.98 Å². The van der Waals surface area contributed by atoms with Gasteiger partial charge >= 0.3 is 5.97 Å². The topological polar surface area (TPSA) is 85.4 Å². The molecule has 94 valence electrons. The molecule has 0 saturated carbocycles. The molecule has 0 radical (unpaired) electrons. The van der Waals surface area contributed by atoms with Crippen LogP contribution in [0.3, 0.4) is 0 Å². The lowest BCUT2D eigenvalue weighted by Gasteiger charge is -2.14. The van der Waals surface area contributed by atoms with Crippen molar-refractivity contribution >= 4 is 5.97 Å². The van der Waals surface area contributed by atoms with Crippen molar-refractivity contribution < 1.29 is 23.4 Å². The Kier molecular flexibility index (Phi) is 4.33. The first kappa shape index (κ1) is 13.3. The molecule has 0 spiro atoms. The van der Waals surface area contributed by atoms with Gasteiger partial charge in [-0.05, 0) is 0 Å². The second kappa shape index (κ2) is 5.53. The first-order valence-electron chi connectivity index (χ1n) is 4.75. The molecule has 3 N–H and O–H groups in total. The van der Waals surface area contributed by atoms with E-state index in [-0.39, 0.29) is 23.4 Å². The number of carbonyl (C=O) groups is 1. The van der Waals surface area contributed by atoms with E-state index >= 15 is 0 Å². The summed E-state index contributed by atoms with van der Waals surface area (Å²) in [6.45, 7) is -0.216. The Morgan fingerprint density at radius 3 is 2.65 bits per heavy atom. The van der Waals surface area contributed by atoms with Crippen LogP contribution in [0.1, 0.15) is 23.2 Å². The van der Waals surface area contributed by atoms with Gasteiger partial charge in [-0.1, -0.05) is 0 Å². The maximum absolute atomic E-state index is 12.7. The van der Waals surface area contributed by atoms with E-state index in [9.17, 15) is 13.6 Å². The number of rotatable bonds is 5. The predicted octanol–water partition coefficient (Wildman–Crippen LogP) is 1.11. The number of aromatic nitrogens is 1. The third kappa shape index (κ3) is 2.88. The fourth-order valence-electron chi connectivity index (χ4n) is 1.52. The number of nitrogens with zero attached hydrogens (tertiary/aromatic N) is 1. The van der Waals surface area contributed by atoms with Gasteiger partial charge < -0.3 is 15.6 Å². The van der Waals surface area contributed by atoms with Crippen molar-refractivity contribution in [3.05, 3.63) is 23.0 Å². The van der Waals surface area contributed by atoms with Crippen molar-refractivity contribution in [1.82, 2.24) is 4.98 Å². The molecule has 0 aliphatic carbocycles. The van der Waals surface area contributed by atoms with Crippen LogP contribution >= 0.6 is 0 Å². The summed E-state index contributed by atoms with van der Waals surface area (Å²) in [5, 5.41) is 8.73. The van der Waals surface area contributed by atoms with Crippen molar-refractivity contribution in [1.29, 1.82) is 0 Å². The van der Waals surface area contributed by atoms with Crippen LogP contribution in [0, 0.1) is 0 Å². The smallest absolute Gasteiger partial charge is 0.307 e. The average molecular weight is 246 g/mol. The second-order valence-corrected chi connectivity index (χ2v) is 3.24. The Labute approximate surface area is 96.2 Å². The van der Waals surface area contributed by atoms with Gasteiger partial charge in [0.1, 0.15) is 11.4 Å². The molecule has 1 rings (SSSR count). The normalized spacial score (nSPS) is 10.6. The molecule has 1 heterocycles. The number of pyridine rings is 1. The van der Waals surface area contributed by atoms with Gasteiger partial charge in [-0.25, -0.2) is 8.78 Å². The molecule has 0 aliphatic heterocycles. The van der Waals surface area contributed by atoms with E-state index in [1.807, 2.05) is 0 Å². The molecular formula is C10H12F2N2O3. The SMILES string of the molecule is COc1cnc(C(F)F)c(CN)c1CC(=O)O. The Morgan fingerprint density at radius 1 is 1.59 bits per heavy atom. The highest BCUT2D eigenvalue weighted by Crippen LogP contribution is 2.29. The Hall–Kier alpha value is -1.76. The zero-order chi connectivity index (χ0) is 13.0. The Balaban J connectivity index is 3.37. The average Bonchev–Trinajstić information content (AvgIpc) is 2.27. The number of alkyl halides is 2. The molecule has 7 heteroatoms. The zero-order valence-electron chi connectivity index (χ0n) is 9.11. The lowest BCUT2D eigenvalue weighted by atomic mass is 10.0. The second-order valence-electron chi connectivity index (χ2n) is 3.24. The highest BCUT2D eigenvalue weighted by molar-refractivity contribution is 5.72. The molecule has 0 atom stereocenters. The highest BCUT2D eigenvalue weighted by atomic mass is 19.3. The summed E-state index contributed by atoms with van der Waals surface area (Å²) in [5.41, 5.74) is 5.05. The Morgan fingerprint density at radius 2 is 2.24 bits per heavy atom. The molecule has 0 fully saturated rings. The highest BCUT2D eigenvalue weighted by Gasteiger charge is 2.21. The third-order valence-electron chi connectivity index (χ3n) is 2.25. The lowest BCUT2D eigenvalue weighted by Crippen LogP contribution is -2.13. The van der Waals surface area contributed by atoms with E-state index in [0.717, 1.165) is 6.20 Å². The monoisotopic (exact) mass is 246 g/mol. The number of hydrogen-bond acceptors (Lipinski definition) is 4. The summed E-state index contributed by atoms with van der Waals surface area (Å²) in [6.07, 6.45) is -2.15. The van der Waals surface area contributed by atoms with Crippen molar-refractivity contribution in [3.8, 4) is 5.75 Å². The fourth-order valence-corrected chi connectivity index (χ4v) is 1.52. The molecule has 5 nitrogen and oxygen atoms in total. The summed E-state index contributed by atoms with van der Waals surface area (Å²) in [5.74, 6) is -0.998. The van der Waals surface area contributed by atoms with Crippen molar-refractivity contribution in [2.75, 3.05) is 7.11 Å². The minimum Gasteiger partial charge on any atom is -0.495 e. The van der Waals surface area contributed by atoms with Gasteiger partial charge in [0.2, 0.25) is 0 Å². The first-order valence-corrected chi connectivity index (χ1v) is 4.75. The molecule has 0 amide bonds. The predicted molar refractivity (Wildman–Crippen MR) is 55.0 cm³/mol. The maximum atomic E-state index is 12.7. The van der Waals surface area contributed by atoms with Gasteiger partial charge in [0.05, 0.1) is 19.7 Å². The molecule has 0 unspecified atom stereocenters. The van der Waals surface area contributed by atoms with Crippen LogP contribution in [0.5, 0.6) is 5.75 Å². The maximum Gasteiger partial charge on any atom is 0.307 e. The van der Waals surface area contributed by atoms with Crippen LogP contribution in [-0.4, -0.2) is 23.2 Å². The molecule has 1 aromatic rings. The van der Waals surface area contributed by atoms with E-state index in [0.29, 0.717) is 0 Å². The van der Waals surface area contributed by atoms with Gasteiger partial charge in [0, 0.05) is 17.7 Å².